The molecule has 0 radical (unpaired) electrons. The number of hydrogen-bond acceptors (Lipinski definition) is 5. The highest BCUT2D eigenvalue weighted by atomic mass is 16.6. The first-order valence-corrected chi connectivity index (χ1v) is 10.4. The first-order valence-electron chi connectivity index (χ1n) is 10.4. The zero-order chi connectivity index (χ0) is 21.7. The van der Waals surface area contributed by atoms with Crippen LogP contribution in [0.4, 0.5) is 11.4 Å². The predicted octanol–water partition coefficient (Wildman–Crippen LogP) is 4.43. The van der Waals surface area contributed by atoms with Crippen molar-refractivity contribution in [2.45, 2.75) is 32.7 Å². The normalized spacial score (nSPS) is 15.5. The van der Waals surface area contributed by atoms with Gasteiger partial charge in [-0.15, -0.1) is 0 Å². The first kappa shape index (κ1) is 21.6. The van der Waals surface area contributed by atoms with E-state index < -0.39 is 0 Å². The molecule has 0 bridgehead atoms. The summed E-state index contributed by atoms with van der Waals surface area (Å²) in [5.41, 5.74) is 1.79. The number of hydrogen-bond donors (Lipinski definition) is 0. The molecule has 0 aliphatic carbocycles. The van der Waals surface area contributed by atoms with Crippen molar-refractivity contribution in [1.82, 2.24) is 4.90 Å². The molecule has 0 aromatic heterocycles. The van der Waals surface area contributed by atoms with E-state index in [4.69, 9.17) is 4.74 Å². The second-order valence-corrected chi connectivity index (χ2v) is 7.58. The Hall–Kier alpha value is -3.09. The zero-order valence-corrected chi connectivity index (χ0v) is 17.8. The van der Waals surface area contributed by atoms with Crippen LogP contribution < -0.4 is 9.64 Å². The summed E-state index contributed by atoms with van der Waals surface area (Å²) in [4.78, 5) is 28.2. The Balaban J connectivity index is 1.68. The van der Waals surface area contributed by atoms with Crippen molar-refractivity contribution in [1.29, 1.82) is 0 Å². The molecule has 3 rings (SSSR count). The Kier molecular flexibility index (Phi) is 6.92. The van der Waals surface area contributed by atoms with Gasteiger partial charge in [-0.05, 0) is 50.5 Å². The number of ether oxygens (including phenoxy) is 1. The summed E-state index contributed by atoms with van der Waals surface area (Å²) < 4.78 is 5.32. The standard InChI is InChI=1S/C23H29N3O4/c1-4-25(17(2)19-8-7-9-20(16-19)30-3)23(27)18-12-14-24(15-13-18)21-10-5-6-11-22(21)26(28)29/h5-11,16-18H,4,12-15H2,1-3H3. The van der Waals surface area contributed by atoms with Crippen LogP contribution >= 0.6 is 0 Å². The summed E-state index contributed by atoms with van der Waals surface area (Å²) in [6.07, 6.45) is 1.37. The Morgan fingerprint density at radius 3 is 2.57 bits per heavy atom. The van der Waals surface area contributed by atoms with Gasteiger partial charge in [0.1, 0.15) is 11.4 Å². The van der Waals surface area contributed by atoms with Gasteiger partial charge in [0.05, 0.1) is 18.1 Å². The van der Waals surface area contributed by atoms with E-state index in [1.807, 2.05) is 54.0 Å². The minimum atomic E-state index is -0.346. The van der Waals surface area contributed by atoms with Crippen LogP contribution in [0.5, 0.6) is 5.75 Å². The van der Waals surface area contributed by atoms with Crippen LogP contribution in [0, 0.1) is 16.0 Å². The van der Waals surface area contributed by atoms with Crippen LogP contribution in [0.1, 0.15) is 38.3 Å². The van der Waals surface area contributed by atoms with Gasteiger partial charge >= 0.3 is 0 Å². The number of piperidine rings is 1. The number of nitro groups is 1. The molecule has 2 aromatic carbocycles. The van der Waals surface area contributed by atoms with Gasteiger partial charge in [0.25, 0.3) is 5.69 Å². The Labute approximate surface area is 177 Å². The zero-order valence-electron chi connectivity index (χ0n) is 17.8. The molecule has 0 N–H and O–H groups in total. The van der Waals surface area contributed by atoms with E-state index in [1.165, 1.54) is 6.07 Å². The molecule has 7 heteroatoms. The molecule has 1 unspecified atom stereocenters. The van der Waals surface area contributed by atoms with E-state index in [-0.39, 0.29) is 28.5 Å². The van der Waals surface area contributed by atoms with Gasteiger partial charge < -0.3 is 14.5 Å². The molecule has 1 atom stereocenters. The molecule has 1 fully saturated rings. The lowest BCUT2D eigenvalue weighted by atomic mass is 9.93. The van der Waals surface area contributed by atoms with Gasteiger partial charge in [0, 0.05) is 31.6 Å². The highest BCUT2D eigenvalue weighted by Gasteiger charge is 2.32. The third-order valence-corrected chi connectivity index (χ3v) is 5.93. The van der Waals surface area contributed by atoms with Gasteiger partial charge in [-0.3, -0.25) is 14.9 Å². The van der Waals surface area contributed by atoms with Crippen LogP contribution in [0.2, 0.25) is 0 Å². The number of amides is 1. The van der Waals surface area contributed by atoms with Crippen molar-refractivity contribution in [3.8, 4) is 5.75 Å². The molecular formula is C23H29N3O4. The number of benzene rings is 2. The van der Waals surface area contributed by atoms with Crippen LogP contribution in [-0.4, -0.2) is 42.5 Å². The number of nitrogens with zero attached hydrogens (tertiary/aromatic N) is 3. The number of anilines is 1. The lowest BCUT2D eigenvalue weighted by Gasteiger charge is -2.37. The maximum atomic E-state index is 13.3. The lowest BCUT2D eigenvalue weighted by molar-refractivity contribution is -0.384. The van der Waals surface area contributed by atoms with Crippen LogP contribution in [0.15, 0.2) is 48.5 Å². The van der Waals surface area contributed by atoms with E-state index in [2.05, 4.69) is 0 Å². The molecule has 0 spiro atoms. The fraction of sp³-hybridized carbons (Fsp3) is 0.435. The molecule has 7 nitrogen and oxygen atoms in total. The average molecular weight is 412 g/mol. The van der Waals surface area contributed by atoms with Gasteiger partial charge in [-0.1, -0.05) is 24.3 Å². The number of para-hydroxylation sites is 2. The van der Waals surface area contributed by atoms with Gasteiger partial charge in [-0.25, -0.2) is 0 Å². The van der Waals surface area contributed by atoms with Crippen molar-refractivity contribution < 1.29 is 14.5 Å². The monoisotopic (exact) mass is 411 g/mol. The first-order chi connectivity index (χ1) is 14.5. The van der Waals surface area contributed by atoms with E-state index in [9.17, 15) is 14.9 Å². The fourth-order valence-electron chi connectivity index (χ4n) is 4.19. The van der Waals surface area contributed by atoms with E-state index >= 15 is 0 Å². The second kappa shape index (κ2) is 9.61. The molecule has 30 heavy (non-hydrogen) atoms. The molecule has 0 saturated carbocycles. The molecule has 1 aliphatic heterocycles. The summed E-state index contributed by atoms with van der Waals surface area (Å²) in [5, 5.41) is 11.3. The third kappa shape index (κ3) is 4.56. The van der Waals surface area contributed by atoms with E-state index in [0.717, 1.165) is 11.3 Å². The molecule has 2 aromatic rings. The summed E-state index contributed by atoms with van der Waals surface area (Å²) in [5.74, 6) is 0.854. The quantitative estimate of drug-likeness (QED) is 0.498. The Morgan fingerprint density at radius 1 is 1.23 bits per heavy atom. The molecule has 1 aliphatic rings. The smallest absolute Gasteiger partial charge is 0.292 e. The summed E-state index contributed by atoms with van der Waals surface area (Å²) >= 11 is 0. The molecule has 1 heterocycles. The second-order valence-electron chi connectivity index (χ2n) is 7.58. The van der Waals surface area contributed by atoms with Crippen molar-refractivity contribution in [3.63, 3.8) is 0 Å². The topological polar surface area (TPSA) is 75.9 Å². The number of methoxy groups -OCH3 is 1. The highest BCUT2D eigenvalue weighted by Crippen LogP contribution is 2.33. The van der Waals surface area contributed by atoms with Crippen molar-refractivity contribution in [2.24, 2.45) is 5.92 Å². The van der Waals surface area contributed by atoms with Gasteiger partial charge in [-0.2, -0.15) is 0 Å². The minimum absolute atomic E-state index is 0.0501. The summed E-state index contributed by atoms with van der Waals surface area (Å²) in [7, 11) is 1.64. The molecule has 160 valence electrons. The van der Waals surface area contributed by atoms with Crippen molar-refractivity contribution in [2.75, 3.05) is 31.6 Å². The van der Waals surface area contributed by atoms with Gasteiger partial charge in [0.2, 0.25) is 5.91 Å². The molecule has 1 saturated heterocycles. The fourth-order valence-corrected chi connectivity index (χ4v) is 4.19. The molecular weight excluding hydrogens is 382 g/mol. The lowest BCUT2D eigenvalue weighted by Crippen LogP contribution is -2.43. The van der Waals surface area contributed by atoms with Crippen LogP contribution in [0.3, 0.4) is 0 Å². The number of nitro benzene ring substituents is 1. The van der Waals surface area contributed by atoms with Crippen molar-refractivity contribution >= 4 is 17.3 Å². The summed E-state index contributed by atoms with van der Waals surface area (Å²) in [6, 6.07) is 14.6. The van der Waals surface area contributed by atoms with E-state index in [0.29, 0.717) is 38.2 Å². The van der Waals surface area contributed by atoms with Crippen LogP contribution in [0.25, 0.3) is 0 Å². The number of carbonyl (C=O) groups is 1. The molecule has 1 amide bonds. The SMILES string of the molecule is CCN(C(=O)C1CCN(c2ccccc2[N+](=O)[O-])CC1)C(C)c1cccc(OC)c1. The van der Waals surface area contributed by atoms with Crippen LogP contribution in [-0.2, 0) is 4.79 Å². The van der Waals surface area contributed by atoms with E-state index in [1.54, 1.807) is 19.2 Å². The Bertz CT molecular complexity index is 894. The Morgan fingerprint density at radius 2 is 1.93 bits per heavy atom. The highest BCUT2D eigenvalue weighted by molar-refractivity contribution is 5.80. The number of rotatable bonds is 7. The summed E-state index contributed by atoms with van der Waals surface area (Å²) in [6.45, 7) is 5.93. The number of carbonyl (C=O) groups excluding carboxylic acids is 1. The van der Waals surface area contributed by atoms with Crippen molar-refractivity contribution in [3.05, 3.63) is 64.2 Å². The minimum Gasteiger partial charge on any atom is -0.497 e. The predicted molar refractivity (Wildman–Crippen MR) is 117 cm³/mol. The van der Waals surface area contributed by atoms with Gasteiger partial charge in [0.15, 0.2) is 0 Å². The largest absolute Gasteiger partial charge is 0.497 e. The maximum absolute atomic E-state index is 13.3. The maximum Gasteiger partial charge on any atom is 0.292 e. The third-order valence-electron chi connectivity index (χ3n) is 5.93. The average Bonchev–Trinajstić information content (AvgIpc) is 2.79.